The van der Waals surface area contributed by atoms with E-state index in [9.17, 15) is 14.0 Å². The molecule has 8 nitrogen and oxygen atoms in total. The van der Waals surface area contributed by atoms with Crippen LogP contribution in [0.3, 0.4) is 0 Å². The molecule has 1 aliphatic heterocycles. The van der Waals surface area contributed by atoms with Gasteiger partial charge in [-0.25, -0.2) is 9.37 Å². The number of rotatable bonds is 9. The Balaban J connectivity index is 1.53. The minimum Gasteiger partial charge on any atom is -0.497 e. The van der Waals surface area contributed by atoms with Crippen molar-refractivity contribution < 1.29 is 18.7 Å². The Kier molecular flexibility index (Phi) is 7.69. The molecular weight excluding hydrogens is 409 g/mol. The first kappa shape index (κ1) is 22.1. The lowest BCUT2D eigenvalue weighted by Crippen LogP contribution is -2.56. The van der Waals surface area contributed by atoms with Gasteiger partial charge < -0.3 is 19.9 Å². The molecule has 2 heterocycles. The van der Waals surface area contributed by atoms with E-state index in [0.717, 1.165) is 5.16 Å². The molecule has 0 aliphatic carbocycles. The van der Waals surface area contributed by atoms with E-state index in [1.807, 2.05) is 22.7 Å². The van der Waals surface area contributed by atoms with Crippen LogP contribution in [0.25, 0.3) is 0 Å². The van der Waals surface area contributed by atoms with Gasteiger partial charge in [-0.3, -0.25) is 14.5 Å². The Morgan fingerprint density at radius 1 is 1.47 bits per heavy atom. The number of aromatic nitrogens is 2. The minimum atomic E-state index is -0.637. The van der Waals surface area contributed by atoms with Gasteiger partial charge in [-0.2, -0.15) is 0 Å². The van der Waals surface area contributed by atoms with Crippen molar-refractivity contribution >= 4 is 23.6 Å². The fourth-order valence-corrected chi connectivity index (χ4v) is 4.03. The first-order valence-corrected chi connectivity index (χ1v) is 10.7. The van der Waals surface area contributed by atoms with E-state index in [1.165, 1.54) is 13.2 Å². The number of nitrogens with one attached hydrogen (secondary N) is 2. The number of thioether (sulfide) groups is 1. The van der Waals surface area contributed by atoms with Gasteiger partial charge in [-0.05, 0) is 6.07 Å². The number of piperazine rings is 1. The van der Waals surface area contributed by atoms with Crippen molar-refractivity contribution in [3.8, 4) is 5.75 Å². The maximum absolute atomic E-state index is 14.3. The van der Waals surface area contributed by atoms with Gasteiger partial charge in [0.2, 0.25) is 11.8 Å². The number of amides is 2. The summed E-state index contributed by atoms with van der Waals surface area (Å²) < 4.78 is 21.3. The normalized spacial score (nSPS) is 16.9. The van der Waals surface area contributed by atoms with Crippen LogP contribution >= 0.6 is 11.8 Å². The number of hydrogen-bond donors (Lipinski definition) is 2. The molecule has 162 valence electrons. The number of halogens is 1. The van der Waals surface area contributed by atoms with E-state index >= 15 is 0 Å². The fraction of sp³-hybridized carbons (Fsp3) is 0.450. The topological polar surface area (TPSA) is 88.5 Å². The lowest BCUT2D eigenvalue weighted by Gasteiger charge is -2.34. The van der Waals surface area contributed by atoms with Crippen LogP contribution in [0.1, 0.15) is 12.0 Å². The maximum atomic E-state index is 14.3. The summed E-state index contributed by atoms with van der Waals surface area (Å²) in [4.78, 5) is 30.8. The highest BCUT2D eigenvalue weighted by Gasteiger charge is 2.32. The van der Waals surface area contributed by atoms with Crippen LogP contribution in [-0.4, -0.2) is 64.8 Å². The summed E-state index contributed by atoms with van der Waals surface area (Å²) in [6, 6.07) is 4.01. The van der Waals surface area contributed by atoms with Gasteiger partial charge in [0.15, 0.2) is 5.16 Å². The zero-order valence-electron chi connectivity index (χ0n) is 17.1. The number of aryl methyl sites for hydroxylation is 1. The summed E-state index contributed by atoms with van der Waals surface area (Å²) in [6.45, 7) is 1.73. The smallest absolute Gasteiger partial charge is 0.237 e. The Bertz CT molecular complexity index is 891. The van der Waals surface area contributed by atoms with Crippen LogP contribution in [0.2, 0.25) is 0 Å². The highest BCUT2D eigenvalue weighted by Crippen LogP contribution is 2.20. The molecule has 0 saturated carbocycles. The highest BCUT2D eigenvalue weighted by molar-refractivity contribution is 7.99. The Hall–Kier alpha value is -2.59. The molecule has 1 aromatic heterocycles. The Morgan fingerprint density at radius 3 is 3.00 bits per heavy atom. The van der Waals surface area contributed by atoms with Crippen LogP contribution in [0.15, 0.2) is 35.7 Å². The standard InChI is InChI=1S/C20H26FN5O3S/c1-25-8-5-24-20(25)30-10-7-22-18(27)12-17-19(28)23-6-9-26(17)13-14-3-4-15(29-2)11-16(14)21/h3-5,8,11,17H,6-7,9-10,12-13H2,1-2H3,(H,22,27)(H,23,28)/t17-/m1/s1. The molecule has 1 atom stereocenters. The molecule has 3 rings (SSSR count). The predicted octanol–water partition coefficient (Wildman–Crippen LogP) is 1.17. The Labute approximate surface area is 179 Å². The van der Waals surface area contributed by atoms with Gasteiger partial charge in [0.1, 0.15) is 11.6 Å². The van der Waals surface area contributed by atoms with E-state index in [1.54, 1.807) is 30.1 Å². The van der Waals surface area contributed by atoms with Gasteiger partial charge >= 0.3 is 0 Å². The average Bonchev–Trinajstić information content (AvgIpc) is 3.14. The molecule has 1 aliphatic rings. The number of benzene rings is 1. The average molecular weight is 436 g/mol. The van der Waals surface area contributed by atoms with Crippen molar-refractivity contribution in [2.75, 3.05) is 32.5 Å². The van der Waals surface area contributed by atoms with Crippen LogP contribution < -0.4 is 15.4 Å². The quantitative estimate of drug-likeness (QED) is 0.454. The molecule has 0 bridgehead atoms. The second-order valence-corrected chi connectivity index (χ2v) is 8.02. The van der Waals surface area contributed by atoms with Crippen LogP contribution in [0.5, 0.6) is 5.75 Å². The number of hydrogen-bond acceptors (Lipinski definition) is 6. The minimum absolute atomic E-state index is 0.0245. The van der Waals surface area contributed by atoms with Crippen LogP contribution in [0.4, 0.5) is 4.39 Å². The molecule has 2 amide bonds. The highest BCUT2D eigenvalue weighted by atomic mass is 32.2. The molecule has 1 fully saturated rings. The third-order valence-corrected chi connectivity index (χ3v) is 5.95. The third kappa shape index (κ3) is 5.73. The van der Waals surface area contributed by atoms with E-state index in [2.05, 4.69) is 15.6 Å². The van der Waals surface area contributed by atoms with Crippen LogP contribution in [-0.2, 0) is 23.2 Å². The number of carbonyl (C=O) groups is 2. The number of nitrogens with zero attached hydrogens (tertiary/aromatic N) is 3. The van der Waals surface area contributed by atoms with Crippen LogP contribution in [0, 0.1) is 5.82 Å². The zero-order valence-corrected chi connectivity index (χ0v) is 17.9. The third-order valence-electron chi connectivity index (χ3n) is 4.89. The summed E-state index contributed by atoms with van der Waals surface area (Å²) in [5, 5.41) is 6.52. The largest absolute Gasteiger partial charge is 0.497 e. The number of imidazole rings is 1. The number of carbonyl (C=O) groups excluding carboxylic acids is 2. The molecule has 0 spiro atoms. The van der Waals surface area contributed by atoms with Gasteiger partial charge in [-0.15, -0.1) is 0 Å². The zero-order chi connectivity index (χ0) is 21.5. The molecule has 2 N–H and O–H groups in total. The van der Waals surface area contributed by atoms with Crippen molar-refractivity contribution in [3.05, 3.63) is 42.0 Å². The molecule has 0 radical (unpaired) electrons. The summed E-state index contributed by atoms with van der Waals surface area (Å²) in [7, 11) is 3.39. The second-order valence-electron chi connectivity index (χ2n) is 6.96. The summed E-state index contributed by atoms with van der Waals surface area (Å²) in [6.07, 6.45) is 3.61. The van der Waals surface area contributed by atoms with Crippen molar-refractivity contribution in [1.82, 2.24) is 25.1 Å². The molecule has 10 heteroatoms. The van der Waals surface area contributed by atoms with Crippen molar-refractivity contribution in [2.24, 2.45) is 7.05 Å². The summed E-state index contributed by atoms with van der Waals surface area (Å²) in [5.74, 6) is 0.293. The van der Waals surface area contributed by atoms with Crippen molar-refractivity contribution in [3.63, 3.8) is 0 Å². The molecule has 2 aromatic rings. The van der Waals surface area contributed by atoms with E-state index < -0.39 is 11.9 Å². The Morgan fingerprint density at radius 2 is 2.30 bits per heavy atom. The van der Waals surface area contributed by atoms with Gasteiger partial charge in [0, 0.05) is 63.0 Å². The van der Waals surface area contributed by atoms with Gasteiger partial charge in [0.25, 0.3) is 0 Å². The lowest BCUT2D eigenvalue weighted by atomic mass is 10.1. The van der Waals surface area contributed by atoms with Crippen molar-refractivity contribution in [2.45, 2.75) is 24.2 Å². The second kappa shape index (κ2) is 10.4. The summed E-state index contributed by atoms with van der Waals surface area (Å²) in [5.41, 5.74) is 0.461. The molecule has 0 unspecified atom stereocenters. The van der Waals surface area contributed by atoms with Gasteiger partial charge in [0.05, 0.1) is 19.6 Å². The molecular formula is C20H26FN5O3S. The van der Waals surface area contributed by atoms with E-state index in [4.69, 9.17) is 4.74 Å². The maximum Gasteiger partial charge on any atom is 0.237 e. The SMILES string of the molecule is COc1ccc(CN2CCNC(=O)[C@H]2CC(=O)NCCSc2nccn2C)c(F)c1. The van der Waals surface area contributed by atoms with Crippen molar-refractivity contribution in [1.29, 1.82) is 0 Å². The monoisotopic (exact) mass is 435 g/mol. The lowest BCUT2D eigenvalue weighted by molar-refractivity contribution is -0.134. The number of methoxy groups -OCH3 is 1. The first-order valence-electron chi connectivity index (χ1n) is 9.69. The number of ether oxygens (including phenoxy) is 1. The molecule has 1 aromatic carbocycles. The fourth-order valence-electron chi connectivity index (χ4n) is 3.25. The first-order chi connectivity index (χ1) is 14.5. The molecule has 1 saturated heterocycles. The van der Waals surface area contributed by atoms with Gasteiger partial charge in [-0.1, -0.05) is 17.8 Å². The summed E-state index contributed by atoms with van der Waals surface area (Å²) >= 11 is 1.54. The van der Waals surface area contributed by atoms with E-state index in [0.29, 0.717) is 36.7 Å². The predicted molar refractivity (Wildman–Crippen MR) is 112 cm³/mol. The molecule has 30 heavy (non-hydrogen) atoms. The van der Waals surface area contributed by atoms with E-state index in [-0.39, 0.29) is 24.8 Å².